The van der Waals surface area contributed by atoms with Crippen LogP contribution in [0.4, 0.5) is 26.3 Å². The summed E-state index contributed by atoms with van der Waals surface area (Å²) in [4.78, 5) is 14.5. The van der Waals surface area contributed by atoms with Gasteiger partial charge in [-0.2, -0.15) is 26.3 Å². The van der Waals surface area contributed by atoms with Gasteiger partial charge in [0.05, 0.1) is 24.0 Å². The maximum Gasteiger partial charge on any atom is 0.432 e. The van der Waals surface area contributed by atoms with Gasteiger partial charge in [0.1, 0.15) is 12.0 Å². The third-order valence-corrected chi connectivity index (χ3v) is 5.42. The van der Waals surface area contributed by atoms with Crippen LogP contribution in [-0.2, 0) is 4.79 Å². The molecule has 4 unspecified atom stereocenters. The van der Waals surface area contributed by atoms with Gasteiger partial charge in [0.15, 0.2) is 0 Å². The standard InChI is InChI=1S/C21H19F6NO2/c1-11-5-6-12(7-13(11)10-29)8-17(30)15-9-18(21(25,26)27)28-19-14(15)3-2-4-16(19)20(22,23)24/h3,5-7,9-10,13,16-17,19,30H,1-2,4,8H2. The molecule has 3 aliphatic rings. The first-order valence-electron chi connectivity index (χ1n) is 9.26. The average Bonchev–Trinajstić information content (AvgIpc) is 2.66. The summed E-state index contributed by atoms with van der Waals surface area (Å²) in [6.07, 6.45) is -4.35. The highest BCUT2D eigenvalue weighted by molar-refractivity contribution is 6.02. The van der Waals surface area contributed by atoms with Crippen molar-refractivity contribution in [2.24, 2.45) is 16.8 Å². The molecule has 0 radical (unpaired) electrons. The molecule has 3 nitrogen and oxygen atoms in total. The van der Waals surface area contributed by atoms with E-state index in [9.17, 15) is 36.2 Å². The van der Waals surface area contributed by atoms with Gasteiger partial charge in [0.25, 0.3) is 0 Å². The second-order valence-corrected chi connectivity index (χ2v) is 7.47. The van der Waals surface area contributed by atoms with Crippen LogP contribution in [0, 0.1) is 11.8 Å². The fourth-order valence-electron chi connectivity index (χ4n) is 3.88. The van der Waals surface area contributed by atoms with Crippen molar-refractivity contribution in [3.63, 3.8) is 0 Å². The topological polar surface area (TPSA) is 49.7 Å². The van der Waals surface area contributed by atoms with Crippen molar-refractivity contribution >= 4 is 12.0 Å². The predicted molar refractivity (Wildman–Crippen MR) is 98.8 cm³/mol. The SMILES string of the molecule is C=C1C=CC(CC(O)C2=CC(C(F)(F)F)=NC3C2=CCCC3C(F)(F)F)=CC1C=O. The Labute approximate surface area is 168 Å². The Kier molecular flexibility index (Phi) is 5.95. The Balaban J connectivity index is 1.96. The number of dihydropyridines is 1. The Morgan fingerprint density at radius 1 is 1.23 bits per heavy atom. The van der Waals surface area contributed by atoms with Crippen molar-refractivity contribution in [3.05, 3.63) is 59.3 Å². The van der Waals surface area contributed by atoms with Crippen molar-refractivity contribution in [2.45, 2.75) is 43.8 Å². The molecule has 9 heteroatoms. The molecule has 0 aromatic carbocycles. The fourth-order valence-corrected chi connectivity index (χ4v) is 3.88. The van der Waals surface area contributed by atoms with E-state index in [4.69, 9.17) is 0 Å². The molecule has 0 saturated carbocycles. The molecular weight excluding hydrogens is 412 g/mol. The molecule has 30 heavy (non-hydrogen) atoms. The number of hydrogen-bond acceptors (Lipinski definition) is 3. The number of hydrogen-bond donors (Lipinski definition) is 1. The average molecular weight is 431 g/mol. The number of aliphatic imine (C=N–C) groups is 1. The van der Waals surface area contributed by atoms with Crippen LogP contribution in [0.5, 0.6) is 0 Å². The number of carbonyl (C=O) groups is 1. The largest absolute Gasteiger partial charge is 0.432 e. The Hall–Kier alpha value is -2.42. The zero-order chi connectivity index (χ0) is 22.3. The first kappa shape index (κ1) is 22.3. The number of halogens is 6. The number of aliphatic hydroxyl groups excluding tert-OH is 1. The first-order valence-corrected chi connectivity index (χ1v) is 9.26. The molecule has 0 spiro atoms. The van der Waals surface area contributed by atoms with Crippen LogP contribution in [-0.4, -0.2) is 41.6 Å². The fraction of sp³-hybridized carbons (Fsp3) is 0.429. The number of nitrogens with zero attached hydrogens (tertiary/aromatic N) is 1. The van der Waals surface area contributed by atoms with E-state index in [0.717, 1.165) is 0 Å². The molecule has 0 fully saturated rings. The lowest BCUT2D eigenvalue weighted by atomic mass is 9.76. The van der Waals surface area contributed by atoms with Crippen LogP contribution >= 0.6 is 0 Å². The van der Waals surface area contributed by atoms with Gasteiger partial charge in [0, 0.05) is 6.42 Å². The van der Waals surface area contributed by atoms with Gasteiger partial charge in [-0.3, -0.25) is 4.99 Å². The second kappa shape index (κ2) is 8.02. The summed E-state index contributed by atoms with van der Waals surface area (Å²) >= 11 is 0. The minimum Gasteiger partial charge on any atom is -0.388 e. The third kappa shape index (κ3) is 4.50. The zero-order valence-electron chi connectivity index (χ0n) is 15.7. The number of fused-ring (bicyclic) bond motifs is 1. The maximum atomic E-state index is 13.4. The van der Waals surface area contributed by atoms with Crippen LogP contribution in [0.1, 0.15) is 19.3 Å². The maximum absolute atomic E-state index is 13.4. The van der Waals surface area contributed by atoms with Gasteiger partial charge in [0.2, 0.25) is 0 Å². The lowest BCUT2D eigenvalue weighted by molar-refractivity contribution is -0.180. The molecule has 2 aliphatic carbocycles. The minimum absolute atomic E-state index is 0.0204. The Bertz CT molecular complexity index is 888. The summed E-state index contributed by atoms with van der Waals surface area (Å²) in [7, 11) is 0. The second-order valence-electron chi connectivity index (χ2n) is 7.47. The molecule has 0 aromatic heterocycles. The van der Waals surface area contributed by atoms with Crippen LogP contribution in [0.15, 0.2) is 64.2 Å². The summed E-state index contributed by atoms with van der Waals surface area (Å²) in [6.45, 7) is 3.70. The molecule has 4 atom stereocenters. The third-order valence-electron chi connectivity index (χ3n) is 5.42. The van der Waals surface area contributed by atoms with Crippen LogP contribution in [0.3, 0.4) is 0 Å². The van der Waals surface area contributed by atoms with E-state index < -0.39 is 42.0 Å². The summed E-state index contributed by atoms with van der Waals surface area (Å²) in [5.41, 5.74) is -0.695. The Morgan fingerprint density at radius 3 is 2.53 bits per heavy atom. The first-order chi connectivity index (χ1) is 13.9. The highest BCUT2D eigenvalue weighted by Crippen LogP contribution is 2.45. The predicted octanol–water partition coefficient (Wildman–Crippen LogP) is 4.82. The summed E-state index contributed by atoms with van der Waals surface area (Å²) in [5, 5.41) is 10.7. The quantitative estimate of drug-likeness (QED) is 0.513. The zero-order valence-corrected chi connectivity index (χ0v) is 15.7. The molecular formula is C21H19F6NO2. The summed E-state index contributed by atoms with van der Waals surface area (Å²) < 4.78 is 80.3. The summed E-state index contributed by atoms with van der Waals surface area (Å²) in [5.74, 6) is -2.68. The number of aliphatic hydroxyl groups is 1. The number of carbonyl (C=O) groups excluding carboxylic acids is 1. The molecule has 1 aliphatic heterocycles. The van der Waals surface area contributed by atoms with Gasteiger partial charge in [-0.1, -0.05) is 30.9 Å². The molecule has 0 bridgehead atoms. The molecule has 0 aromatic rings. The van der Waals surface area contributed by atoms with Crippen LogP contribution in [0.25, 0.3) is 0 Å². The normalized spacial score (nSPS) is 28.1. The van der Waals surface area contributed by atoms with Gasteiger partial charge in [-0.05, 0) is 41.2 Å². The molecule has 162 valence electrons. The van der Waals surface area contributed by atoms with Gasteiger partial charge >= 0.3 is 12.4 Å². The molecule has 3 rings (SSSR count). The van der Waals surface area contributed by atoms with Crippen LogP contribution < -0.4 is 0 Å². The highest BCUT2D eigenvalue weighted by Gasteiger charge is 2.50. The highest BCUT2D eigenvalue weighted by atomic mass is 19.4. The van der Waals surface area contributed by atoms with Crippen molar-refractivity contribution in [1.29, 1.82) is 0 Å². The number of alkyl halides is 6. The van der Waals surface area contributed by atoms with Crippen molar-refractivity contribution in [1.82, 2.24) is 0 Å². The van der Waals surface area contributed by atoms with Gasteiger partial charge in [-0.25, -0.2) is 0 Å². The summed E-state index contributed by atoms with van der Waals surface area (Å²) in [6, 6.07) is -1.75. The lowest BCUT2D eigenvalue weighted by Gasteiger charge is -2.36. The lowest BCUT2D eigenvalue weighted by Crippen LogP contribution is -2.41. The number of rotatable bonds is 4. The van der Waals surface area contributed by atoms with Crippen LogP contribution in [0.2, 0.25) is 0 Å². The van der Waals surface area contributed by atoms with E-state index in [1.807, 2.05) is 0 Å². The molecule has 1 heterocycles. The minimum atomic E-state index is -4.95. The van der Waals surface area contributed by atoms with E-state index in [0.29, 0.717) is 23.5 Å². The van der Waals surface area contributed by atoms with Crippen molar-refractivity contribution in [2.75, 3.05) is 0 Å². The smallest absolute Gasteiger partial charge is 0.388 e. The number of allylic oxidation sites excluding steroid dienone is 6. The van der Waals surface area contributed by atoms with E-state index in [-0.39, 0.29) is 30.4 Å². The van der Waals surface area contributed by atoms with Gasteiger partial charge < -0.3 is 9.90 Å². The Morgan fingerprint density at radius 2 is 1.93 bits per heavy atom. The van der Waals surface area contributed by atoms with E-state index >= 15 is 0 Å². The molecule has 1 N–H and O–H groups in total. The monoisotopic (exact) mass is 431 g/mol. The van der Waals surface area contributed by atoms with E-state index in [1.54, 1.807) is 12.2 Å². The van der Waals surface area contributed by atoms with E-state index in [1.165, 1.54) is 12.2 Å². The van der Waals surface area contributed by atoms with Gasteiger partial charge in [-0.15, -0.1) is 0 Å². The molecule has 0 saturated heterocycles. The number of aldehydes is 1. The molecule has 0 amide bonds. The van der Waals surface area contributed by atoms with Crippen molar-refractivity contribution in [3.8, 4) is 0 Å². The van der Waals surface area contributed by atoms with E-state index in [2.05, 4.69) is 11.6 Å². The van der Waals surface area contributed by atoms with Crippen molar-refractivity contribution < 1.29 is 36.2 Å².